The molecule has 0 aliphatic heterocycles. The summed E-state index contributed by atoms with van der Waals surface area (Å²) in [6.45, 7) is 0. The third-order valence-electron chi connectivity index (χ3n) is 11.7. The topological polar surface area (TPSA) is 51.8 Å². The molecule has 274 valence electrons. The highest BCUT2D eigenvalue weighted by Gasteiger charge is 2.18. The van der Waals surface area contributed by atoms with Gasteiger partial charge in [0.2, 0.25) is 0 Å². The molecule has 0 amide bonds. The number of fused-ring (bicyclic) bond motifs is 11. The Morgan fingerprint density at radius 3 is 1.36 bits per heavy atom. The fraction of sp³-hybridized carbons (Fsp3) is 0. The minimum atomic E-state index is 0.623. The second-order valence-corrected chi connectivity index (χ2v) is 15.1. The number of furan rings is 1. The number of hydrogen-bond acceptors (Lipinski definition) is 4. The minimum Gasteiger partial charge on any atom is -0.455 e. The average Bonchev–Trinajstić information content (AvgIpc) is 3.70. The molecular weight excluding hydrogens is 719 g/mol. The van der Waals surface area contributed by atoms with E-state index in [0.717, 1.165) is 55.1 Å². The van der Waals surface area contributed by atoms with E-state index >= 15 is 0 Å². The minimum absolute atomic E-state index is 0.623. The van der Waals surface area contributed by atoms with Crippen molar-refractivity contribution in [2.24, 2.45) is 0 Å². The van der Waals surface area contributed by atoms with E-state index in [2.05, 4.69) is 140 Å². The first kappa shape index (κ1) is 33.2. The summed E-state index contributed by atoms with van der Waals surface area (Å²) in [5.74, 6) is 1.90. The van der Waals surface area contributed by atoms with Crippen molar-refractivity contribution in [3.05, 3.63) is 200 Å². The Bertz CT molecular complexity index is 3520. The predicted molar refractivity (Wildman–Crippen MR) is 244 cm³/mol. The lowest BCUT2D eigenvalue weighted by Crippen LogP contribution is -2.00. The van der Waals surface area contributed by atoms with Gasteiger partial charge >= 0.3 is 0 Å². The molecule has 0 atom stereocenters. The summed E-state index contributed by atoms with van der Waals surface area (Å²) in [7, 11) is 0. The molecule has 2 aromatic heterocycles. The Balaban J connectivity index is 0.988. The molecule has 59 heavy (non-hydrogen) atoms. The van der Waals surface area contributed by atoms with Crippen LogP contribution in [-0.4, -0.2) is 15.0 Å². The SMILES string of the molecule is c1ccc(-c2nc(-c3ccccc3)nc(-c3cccc(-c4ccc5c(c4)oc4c6ccccc6c(-c6ccc7c8ccccc8c8ccccc8c7c6)cc54)c3)n2)cc1. The predicted octanol–water partition coefficient (Wildman–Crippen LogP) is 14.7. The van der Waals surface area contributed by atoms with Crippen molar-refractivity contribution in [1.82, 2.24) is 15.0 Å². The average molecular weight is 752 g/mol. The Labute approximate surface area is 339 Å². The Kier molecular flexibility index (Phi) is 7.50. The third-order valence-corrected chi connectivity index (χ3v) is 11.7. The van der Waals surface area contributed by atoms with Crippen LogP contribution in [0.15, 0.2) is 205 Å². The van der Waals surface area contributed by atoms with Crippen molar-refractivity contribution in [3.8, 4) is 56.4 Å². The van der Waals surface area contributed by atoms with Crippen molar-refractivity contribution in [2.75, 3.05) is 0 Å². The quantitative estimate of drug-likeness (QED) is 0.164. The van der Waals surface area contributed by atoms with Gasteiger partial charge in [0, 0.05) is 32.8 Å². The van der Waals surface area contributed by atoms with Crippen LogP contribution in [0.1, 0.15) is 0 Å². The van der Waals surface area contributed by atoms with Crippen molar-refractivity contribution >= 4 is 65.0 Å². The molecule has 0 aliphatic carbocycles. The lowest BCUT2D eigenvalue weighted by Gasteiger charge is -2.13. The molecule has 0 fully saturated rings. The van der Waals surface area contributed by atoms with Gasteiger partial charge < -0.3 is 4.42 Å². The van der Waals surface area contributed by atoms with E-state index in [1.54, 1.807) is 0 Å². The molecule has 12 aromatic rings. The first-order chi connectivity index (χ1) is 29.2. The van der Waals surface area contributed by atoms with Crippen LogP contribution in [0.3, 0.4) is 0 Å². The van der Waals surface area contributed by atoms with E-state index in [1.807, 2.05) is 60.7 Å². The zero-order valence-electron chi connectivity index (χ0n) is 31.8. The fourth-order valence-corrected chi connectivity index (χ4v) is 8.87. The summed E-state index contributed by atoms with van der Waals surface area (Å²) in [6, 6.07) is 70.5. The molecule has 0 saturated heterocycles. The fourth-order valence-electron chi connectivity index (χ4n) is 8.87. The highest BCUT2D eigenvalue weighted by Crippen LogP contribution is 2.43. The van der Waals surface area contributed by atoms with E-state index in [1.165, 1.54) is 48.8 Å². The first-order valence-electron chi connectivity index (χ1n) is 19.9. The van der Waals surface area contributed by atoms with E-state index in [9.17, 15) is 0 Å². The standard InChI is InChI=1S/C55H33N3O/c1-3-14-34(15-4-1)53-56-54(35-16-5-2-6-17-35)58-55(57-53)39-19-13-18-36(30-39)37-26-29-46-50-33-48(44-24-11-12-25-47(44)52(50)59-51(46)32-37)38-27-28-45-42-22-8-7-20-40(42)41-21-9-10-23-43(41)49(45)31-38/h1-33H. The van der Waals surface area contributed by atoms with Crippen LogP contribution in [0, 0.1) is 0 Å². The van der Waals surface area contributed by atoms with Crippen molar-refractivity contribution in [1.29, 1.82) is 0 Å². The maximum Gasteiger partial charge on any atom is 0.164 e. The van der Waals surface area contributed by atoms with Crippen LogP contribution < -0.4 is 0 Å². The molecule has 0 radical (unpaired) electrons. The third kappa shape index (κ3) is 5.49. The van der Waals surface area contributed by atoms with Gasteiger partial charge in [-0.05, 0) is 90.3 Å². The summed E-state index contributed by atoms with van der Waals surface area (Å²) in [5, 5.41) is 12.1. The number of rotatable bonds is 5. The normalized spacial score (nSPS) is 11.7. The van der Waals surface area contributed by atoms with Gasteiger partial charge in [-0.15, -0.1) is 0 Å². The Hall–Kier alpha value is -7.95. The zero-order chi connectivity index (χ0) is 38.9. The second kappa shape index (κ2) is 13.3. The zero-order valence-corrected chi connectivity index (χ0v) is 31.8. The largest absolute Gasteiger partial charge is 0.455 e. The second-order valence-electron chi connectivity index (χ2n) is 15.1. The highest BCUT2D eigenvalue weighted by molar-refractivity contribution is 6.26. The van der Waals surface area contributed by atoms with Crippen molar-refractivity contribution < 1.29 is 4.42 Å². The number of hydrogen-bond donors (Lipinski definition) is 0. The number of nitrogens with zero attached hydrogens (tertiary/aromatic N) is 3. The van der Waals surface area contributed by atoms with E-state index < -0.39 is 0 Å². The molecule has 0 bridgehead atoms. The van der Waals surface area contributed by atoms with Crippen molar-refractivity contribution in [2.45, 2.75) is 0 Å². The summed E-state index contributed by atoms with van der Waals surface area (Å²) in [5.41, 5.74) is 9.02. The van der Waals surface area contributed by atoms with Gasteiger partial charge in [-0.3, -0.25) is 0 Å². The van der Waals surface area contributed by atoms with E-state index in [-0.39, 0.29) is 0 Å². The lowest BCUT2D eigenvalue weighted by molar-refractivity contribution is 0.673. The van der Waals surface area contributed by atoms with Crippen LogP contribution in [0.25, 0.3) is 121 Å². The van der Waals surface area contributed by atoms with Gasteiger partial charge in [0.1, 0.15) is 11.2 Å². The summed E-state index contributed by atoms with van der Waals surface area (Å²) >= 11 is 0. The van der Waals surface area contributed by atoms with Crippen LogP contribution in [0.2, 0.25) is 0 Å². The molecule has 2 heterocycles. The number of benzene rings is 10. The van der Waals surface area contributed by atoms with Gasteiger partial charge in [-0.1, -0.05) is 170 Å². The number of aromatic nitrogens is 3. The van der Waals surface area contributed by atoms with Gasteiger partial charge in [0.15, 0.2) is 17.5 Å². The molecule has 10 aromatic carbocycles. The Morgan fingerprint density at radius 2 is 0.712 bits per heavy atom. The molecule has 0 saturated carbocycles. The van der Waals surface area contributed by atoms with Gasteiger partial charge in [-0.2, -0.15) is 0 Å². The van der Waals surface area contributed by atoms with Crippen molar-refractivity contribution in [3.63, 3.8) is 0 Å². The highest BCUT2D eigenvalue weighted by atomic mass is 16.3. The van der Waals surface area contributed by atoms with Gasteiger partial charge in [0.25, 0.3) is 0 Å². The van der Waals surface area contributed by atoms with Gasteiger partial charge in [-0.25, -0.2) is 15.0 Å². The Morgan fingerprint density at radius 1 is 0.254 bits per heavy atom. The molecule has 0 spiro atoms. The lowest BCUT2D eigenvalue weighted by atomic mass is 9.90. The molecule has 4 heteroatoms. The van der Waals surface area contributed by atoms with Crippen LogP contribution in [-0.2, 0) is 0 Å². The van der Waals surface area contributed by atoms with Crippen LogP contribution in [0.5, 0.6) is 0 Å². The monoisotopic (exact) mass is 751 g/mol. The first-order valence-corrected chi connectivity index (χ1v) is 19.9. The molecule has 0 N–H and O–H groups in total. The summed E-state index contributed by atoms with van der Waals surface area (Å²) < 4.78 is 6.81. The smallest absolute Gasteiger partial charge is 0.164 e. The molecule has 12 rings (SSSR count). The van der Waals surface area contributed by atoms with Crippen LogP contribution in [0.4, 0.5) is 0 Å². The molecule has 0 unspecified atom stereocenters. The molecular formula is C55H33N3O. The maximum absolute atomic E-state index is 6.81. The molecule has 0 aliphatic rings. The summed E-state index contributed by atoms with van der Waals surface area (Å²) in [4.78, 5) is 14.8. The van der Waals surface area contributed by atoms with Gasteiger partial charge in [0.05, 0.1) is 0 Å². The molecule has 4 nitrogen and oxygen atoms in total. The van der Waals surface area contributed by atoms with E-state index in [0.29, 0.717) is 17.5 Å². The summed E-state index contributed by atoms with van der Waals surface area (Å²) in [6.07, 6.45) is 0. The van der Waals surface area contributed by atoms with E-state index in [4.69, 9.17) is 19.4 Å². The van der Waals surface area contributed by atoms with Crippen LogP contribution >= 0.6 is 0 Å². The maximum atomic E-state index is 6.81.